The van der Waals surface area contributed by atoms with Crippen LogP contribution in [0.3, 0.4) is 0 Å². The Morgan fingerprint density at radius 2 is 2.39 bits per heavy atom. The summed E-state index contributed by atoms with van der Waals surface area (Å²) in [6.45, 7) is 0.278. The van der Waals surface area contributed by atoms with Crippen molar-refractivity contribution in [2.45, 2.75) is 18.9 Å². The zero-order chi connectivity index (χ0) is 13.1. The van der Waals surface area contributed by atoms with E-state index in [1.807, 2.05) is 0 Å². The number of aromatic carboxylic acids is 1. The lowest BCUT2D eigenvalue weighted by Gasteiger charge is -2.09. The SMILES string of the molecule is O=C1CCC(CNC(=O)c2cc(C(=O)O)on2)N1. The number of carbonyl (C=O) groups excluding carboxylic acids is 2. The summed E-state index contributed by atoms with van der Waals surface area (Å²) in [7, 11) is 0. The molecule has 0 bridgehead atoms. The molecule has 1 aliphatic rings. The van der Waals surface area contributed by atoms with Crippen molar-refractivity contribution in [3.8, 4) is 0 Å². The minimum Gasteiger partial charge on any atom is -0.475 e. The topological polar surface area (TPSA) is 122 Å². The van der Waals surface area contributed by atoms with Gasteiger partial charge in [0.1, 0.15) is 0 Å². The predicted octanol–water partition coefficient (Wildman–Crippen LogP) is -0.619. The normalized spacial score (nSPS) is 18.4. The predicted molar refractivity (Wildman–Crippen MR) is 57.0 cm³/mol. The van der Waals surface area contributed by atoms with Crippen molar-refractivity contribution in [3.05, 3.63) is 17.5 Å². The van der Waals surface area contributed by atoms with Crippen LogP contribution in [0.5, 0.6) is 0 Å². The Labute approximate surface area is 101 Å². The summed E-state index contributed by atoms with van der Waals surface area (Å²) in [5.74, 6) is -2.25. The number of carbonyl (C=O) groups is 3. The molecule has 3 N–H and O–H groups in total. The number of amides is 2. The summed E-state index contributed by atoms with van der Waals surface area (Å²) < 4.78 is 4.46. The molecule has 1 saturated heterocycles. The smallest absolute Gasteiger partial charge is 0.374 e. The third-order valence-electron chi connectivity index (χ3n) is 2.55. The van der Waals surface area contributed by atoms with Crippen molar-refractivity contribution in [3.63, 3.8) is 0 Å². The van der Waals surface area contributed by atoms with Gasteiger partial charge < -0.3 is 20.3 Å². The average molecular weight is 253 g/mol. The minimum absolute atomic E-state index is 0.0381. The van der Waals surface area contributed by atoms with Crippen molar-refractivity contribution in [2.24, 2.45) is 0 Å². The van der Waals surface area contributed by atoms with Crippen LogP contribution in [0.4, 0.5) is 0 Å². The second-order valence-corrected chi connectivity index (χ2v) is 3.89. The van der Waals surface area contributed by atoms with Crippen LogP contribution in [0, 0.1) is 0 Å². The fourth-order valence-electron chi connectivity index (χ4n) is 1.62. The number of hydrogen-bond acceptors (Lipinski definition) is 5. The first-order valence-electron chi connectivity index (χ1n) is 5.34. The number of hydrogen-bond donors (Lipinski definition) is 3. The number of carboxylic acids is 1. The highest BCUT2D eigenvalue weighted by Crippen LogP contribution is 2.06. The summed E-state index contributed by atoms with van der Waals surface area (Å²) in [6, 6.07) is 0.956. The Morgan fingerprint density at radius 1 is 1.61 bits per heavy atom. The van der Waals surface area contributed by atoms with Gasteiger partial charge in [0.15, 0.2) is 5.69 Å². The van der Waals surface area contributed by atoms with E-state index in [1.165, 1.54) is 0 Å². The summed E-state index contributed by atoms with van der Waals surface area (Å²) in [6.07, 6.45) is 1.12. The van der Waals surface area contributed by atoms with Crippen LogP contribution < -0.4 is 10.6 Å². The number of nitrogens with one attached hydrogen (secondary N) is 2. The molecule has 2 heterocycles. The Morgan fingerprint density at radius 3 is 2.94 bits per heavy atom. The molecule has 0 aliphatic carbocycles. The summed E-state index contributed by atoms with van der Waals surface area (Å²) in [5.41, 5.74) is -0.100. The van der Waals surface area contributed by atoms with Gasteiger partial charge in [-0.2, -0.15) is 0 Å². The number of aromatic nitrogens is 1. The third-order valence-corrected chi connectivity index (χ3v) is 2.55. The maximum absolute atomic E-state index is 11.6. The van der Waals surface area contributed by atoms with E-state index in [1.54, 1.807) is 0 Å². The van der Waals surface area contributed by atoms with Gasteiger partial charge in [-0.15, -0.1) is 0 Å². The van der Waals surface area contributed by atoms with Crippen LogP contribution in [-0.4, -0.2) is 40.6 Å². The van der Waals surface area contributed by atoms with Crippen molar-refractivity contribution >= 4 is 17.8 Å². The number of nitrogens with zero attached hydrogens (tertiary/aromatic N) is 1. The molecule has 0 spiro atoms. The van der Waals surface area contributed by atoms with E-state index in [-0.39, 0.29) is 24.2 Å². The van der Waals surface area contributed by atoms with Crippen molar-refractivity contribution in [2.75, 3.05) is 6.54 Å². The van der Waals surface area contributed by atoms with Gasteiger partial charge in [0, 0.05) is 25.1 Å². The average Bonchev–Trinajstić information content (AvgIpc) is 2.94. The van der Waals surface area contributed by atoms with E-state index in [0.29, 0.717) is 12.8 Å². The fourth-order valence-corrected chi connectivity index (χ4v) is 1.62. The van der Waals surface area contributed by atoms with Gasteiger partial charge in [-0.05, 0) is 6.42 Å². The van der Waals surface area contributed by atoms with Crippen LogP contribution in [0.1, 0.15) is 33.9 Å². The Hall–Kier alpha value is -2.38. The van der Waals surface area contributed by atoms with E-state index < -0.39 is 17.6 Å². The lowest BCUT2D eigenvalue weighted by molar-refractivity contribution is -0.119. The Bertz CT molecular complexity index is 495. The van der Waals surface area contributed by atoms with Crippen LogP contribution in [0.15, 0.2) is 10.6 Å². The molecule has 1 aliphatic heterocycles. The van der Waals surface area contributed by atoms with Crippen LogP contribution in [-0.2, 0) is 4.79 Å². The maximum Gasteiger partial charge on any atom is 0.374 e. The quantitative estimate of drug-likeness (QED) is 0.657. The zero-order valence-electron chi connectivity index (χ0n) is 9.30. The molecule has 96 valence electrons. The second-order valence-electron chi connectivity index (χ2n) is 3.89. The largest absolute Gasteiger partial charge is 0.475 e. The molecule has 18 heavy (non-hydrogen) atoms. The monoisotopic (exact) mass is 253 g/mol. The molecule has 1 unspecified atom stereocenters. The third kappa shape index (κ3) is 2.65. The van der Waals surface area contributed by atoms with Gasteiger partial charge in [-0.3, -0.25) is 9.59 Å². The van der Waals surface area contributed by atoms with E-state index in [2.05, 4.69) is 20.3 Å². The summed E-state index contributed by atoms with van der Waals surface area (Å²) in [4.78, 5) is 33.0. The van der Waals surface area contributed by atoms with Crippen molar-refractivity contribution in [1.29, 1.82) is 0 Å². The first-order chi connectivity index (χ1) is 8.56. The summed E-state index contributed by atoms with van der Waals surface area (Å²) in [5, 5.41) is 17.2. The highest BCUT2D eigenvalue weighted by molar-refractivity contribution is 5.94. The summed E-state index contributed by atoms with van der Waals surface area (Å²) >= 11 is 0. The van der Waals surface area contributed by atoms with Crippen LogP contribution in [0.2, 0.25) is 0 Å². The van der Waals surface area contributed by atoms with Gasteiger partial charge >= 0.3 is 5.97 Å². The molecular formula is C10H11N3O5. The lowest BCUT2D eigenvalue weighted by atomic mass is 10.2. The van der Waals surface area contributed by atoms with Gasteiger partial charge in [-0.1, -0.05) is 5.16 Å². The first kappa shape index (κ1) is 12.1. The molecule has 1 atom stereocenters. The van der Waals surface area contributed by atoms with E-state index in [9.17, 15) is 14.4 Å². The Kier molecular flexibility index (Phi) is 3.26. The maximum atomic E-state index is 11.6. The lowest BCUT2D eigenvalue weighted by Crippen LogP contribution is -2.38. The molecule has 1 aromatic heterocycles. The molecule has 0 aromatic carbocycles. The fraction of sp³-hybridized carbons (Fsp3) is 0.400. The Balaban J connectivity index is 1.87. The van der Waals surface area contributed by atoms with Crippen molar-refractivity contribution in [1.82, 2.24) is 15.8 Å². The molecule has 2 rings (SSSR count). The van der Waals surface area contributed by atoms with Gasteiger partial charge in [0.2, 0.25) is 11.7 Å². The molecule has 0 saturated carbocycles. The second kappa shape index (κ2) is 4.86. The molecule has 0 radical (unpaired) electrons. The van der Waals surface area contributed by atoms with E-state index in [0.717, 1.165) is 6.07 Å². The standard InChI is InChI=1S/C10H11N3O5/c14-8-2-1-5(12-8)4-11-9(15)6-3-7(10(16)17)18-13-6/h3,5H,1-2,4H2,(H,11,15)(H,12,14)(H,16,17). The van der Waals surface area contributed by atoms with E-state index >= 15 is 0 Å². The van der Waals surface area contributed by atoms with E-state index in [4.69, 9.17) is 5.11 Å². The van der Waals surface area contributed by atoms with Gasteiger partial charge in [0.05, 0.1) is 0 Å². The van der Waals surface area contributed by atoms with Crippen LogP contribution in [0.25, 0.3) is 0 Å². The highest BCUT2D eigenvalue weighted by atomic mass is 16.5. The number of carboxylic acid groups (broad SMARTS) is 1. The first-order valence-corrected chi connectivity index (χ1v) is 5.34. The molecular weight excluding hydrogens is 242 g/mol. The molecule has 8 heteroatoms. The molecule has 1 aromatic rings. The van der Waals surface area contributed by atoms with Gasteiger partial charge in [0.25, 0.3) is 5.91 Å². The zero-order valence-corrected chi connectivity index (χ0v) is 9.30. The molecule has 2 amide bonds. The molecule has 8 nitrogen and oxygen atoms in total. The van der Waals surface area contributed by atoms with Crippen LogP contribution >= 0.6 is 0 Å². The minimum atomic E-state index is -1.29. The number of rotatable bonds is 4. The highest BCUT2D eigenvalue weighted by Gasteiger charge is 2.22. The van der Waals surface area contributed by atoms with Gasteiger partial charge in [-0.25, -0.2) is 4.79 Å². The van der Waals surface area contributed by atoms with Crippen molar-refractivity contribution < 1.29 is 24.0 Å². The molecule has 1 fully saturated rings.